The molecule has 1 aliphatic carbocycles. The molecule has 0 radical (unpaired) electrons. The quantitative estimate of drug-likeness (QED) is 0.298. The van der Waals surface area contributed by atoms with Crippen LogP contribution >= 0.6 is 0 Å². The van der Waals surface area contributed by atoms with E-state index in [1.165, 1.54) is 19.2 Å². The molecule has 0 bridgehead atoms. The van der Waals surface area contributed by atoms with Gasteiger partial charge in [-0.2, -0.15) is 13.2 Å². The number of rotatable bonds is 8. The van der Waals surface area contributed by atoms with Crippen LogP contribution in [-0.2, 0) is 16.4 Å². The molecule has 1 aliphatic rings. The lowest BCUT2D eigenvalue weighted by atomic mass is 10.2. The molecule has 2 aromatic carbocycles. The monoisotopic (exact) mass is 537 g/mol. The summed E-state index contributed by atoms with van der Waals surface area (Å²) in [7, 11) is -2.08. The van der Waals surface area contributed by atoms with E-state index in [-0.39, 0.29) is 23.2 Å². The van der Waals surface area contributed by atoms with Gasteiger partial charge in [-0.25, -0.2) is 12.8 Å². The van der Waals surface area contributed by atoms with Crippen molar-refractivity contribution in [3.63, 3.8) is 0 Å². The summed E-state index contributed by atoms with van der Waals surface area (Å²) in [6.45, 7) is 2.03. The molecule has 0 unspecified atom stereocenters. The molecule has 1 heterocycles. The summed E-state index contributed by atoms with van der Waals surface area (Å²) in [4.78, 5) is 0.127. The molecule has 11 heteroatoms. The van der Waals surface area contributed by atoms with Crippen molar-refractivity contribution in [1.29, 1.82) is 0 Å². The fourth-order valence-electron chi connectivity index (χ4n) is 3.92. The number of nitrogens with one attached hydrogen (secondary N) is 2. The van der Waals surface area contributed by atoms with Crippen molar-refractivity contribution in [3.8, 4) is 17.6 Å². The SMILES string of the molecule is COc1cc(S(=O)(=O)C(C)C)ccc1NCC#Cc1cc2c(N[C@H]3C[C@H]3F)cccc2n1CC(F)(F)F. The minimum Gasteiger partial charge on any atom is -0.495 e. The van der Waals surface area contributed by atoms with Gasteiger partial charge in [0.25, 0.3) is 0 Å². The number of hydrogen-bond acceptors (Lipinski definition) is 5. The molecule has 4 rings (SSSR count). The summed E-state index contributed by atoms with van der Waals surface area (Å²) < 4.78 is 84.7. The summed E-state index contributed by atoms with van der Waals surface area (Å²) in [5.41, 5.74) is 1.57. The van der Waals surface area contributed by atoms with Gasteiger partial charge < -0.3 is 19.9 Å². The Balaban J connectivity index is 1.59. The normalized spacial score (nSPS) is 17.4. The van der Waals surface area contributed by atoms with Crippen LogP contribution in [0, 0.1) is 11.8 Å². The van der Waals surface area contributed by atoms with Crippen LogP contribution in [0.3, 0.4) is 0 Å². The van der Waals surface area contributed by atoms with Gasteiger partial charge in [-0.05, 0) is 50.1 Å². The molecule has 6 nitrogen and oxygen atoms in total. The first-order valence-electron chi connectivity index (χ1n) is 11.6. The van der Waals surface area contributed by atoms with Gasteiger partial charge in [0.2, 0.25) is 0 Å². The Morgan fingerprint density at radius 1 is 1.16 bits per heavy atom. The van der Waals surface area contributed by atoms with E-state index in [9.17, 15) is 26.0 Å². The number of ether oxygens (including phenoxy) is 1. The van der Waals surface area contributed by atoms with Gasteiger partial charge in [0.15, 0.2) is 9.84 Å². The molecule has 2 atom stereocenters. The molecule has 0 aliphatic heterocycles. The van der Waals surface area contributed by atoms with Crippen LogP contribution in [-0.4, -0.2) is 50.3 Å². The summed E-state index contributed by atoms with van der Waals surface area (Å²) in [5, 5.41) is 6.00. The van der Waals surface area contributed by atoms with Gasteiger partial charge in [0.1, 0.15) is 18.5 Å². The third-order valence-corrected chi connectivity index (χ3v) is 8.19. The first-order valence-corrected chi connectivity index (χ1v) is 13.2. The predicted molar refractivity (Wildman–Crippen MR) is 136 cm³/mol. The van der Waals surface area contributed by atoms with Crippen molar-refractivity contribution >= 4 is 32.1 Å². The number of sulfone groups is 1. The van der Waals surface area contributed by atoms with E-state index in [2.05, 4.69) is 22.5 Å². The summed E-state index contributed by atoms with van der Waals surface area (Å²) in [6, 6.07) is 10.6. The zero-order chi connectivity index (χ0) is 27.0. The average Bonchev–Trinajstić information content (AvgIpc) is 3.42. The first-order chi connectivity index (χ1) is 17.4. The fourth-order valence-corrected chi connectivity index (χ4v) is 4.99. The molecule has 0 spiro atoms. The third-order valence-electron chi connectivity index (χ3n) is 6.04. The van der Waals surface area contributed by atoms with Gasteiger partial charge in [0.05, 0.1) is 46.7 Å². The van der Waals surface area contributed by atoms with Crippen LogP contribution in [0.1, 0.15) is 26.0 Å². The van der Waals surface area contributed by atoms with E-state index >= 15 is 0 Å². The van der Waals surface area contributed by atoms with Crippen molar-refractivity contribution < 1.29 is 30.7 Å². The Morgan fingerprint density at radius 3 is 2.51 bits per heavy atom. The molecule has 2 N–H and O–H groups in total. The van der Waals surface area contributed by atoms with Crippen molar-refractivity contribution in [2.24, 2.45) is 0 Å². The molecule has 1 aromatic heterocycles. The van der Waals surface area contributed by atoms with Crippen molar-refractivity contribution in [3.05, 3.63) is 48.2 Å². The number of nitrogens with zero attached hydrogens (tertiary/aromatic N) is 1. The second-order valence-electron chi connectivity index (χ2n) is 9.08. The van der Waals surface area contributed by atoms with Crippen LogP contribution in [0.25, 0.3) is 10.9 Å². The zero-order valence-corrected chi connectivity index (χ0v) is 21.3. The molecule has 0 amide bonds. The highest BCUT2D eigenvalue weighted by molar-refractivity contribution is 7.92. The van der Waals surface area contributed by atoms with Gasteiger partial charge in [-0.3, -0.25) is 0 Å². The van der Waals surface area contributed by atoms with E-state index < -0.39 is 34.0 Å². The number of hydrogen-bond donors (Lipinski definition) is 2. The zero-order valence-electron chi connectivity index (χ0n) is 20.5. The fraction of sp³-hybridized carbons (Fsp3) is 0.385. The topological polar surface area (TPSA) is 72.4 Å². The van der Waals surface area contributed by atoms with Gasteiger partial charge >= 0.3 is 6.18 Å². The minimum absolute atomic E-state index is 0.0664. The summed E-state index contributed by atoms with van der Waals surface area (Å²) >= 11 is 0. The van der Waals surface area contributed by atoms with E-state index in [1.807, 2.05) is 0 Å². The molecule has 1 saturated carbocycles. The summed E-state index contributed by atoms with van der Waals surface area (Å²) in [5.74, 6) is 5.93. The number of halogens is 4. The number of aromatic nitrogens is 1. The number of anilines is 2. The highest BCUT2D eigenvalue weighted by atomic mass is 32.2. The standard InChI is InChI=1S/C26H27F4N3O3S/c1-16(2)37(34,35)18-9-10-22(25(13-18)36-3)31-11-5-6-17-12-19-21(32-23-14-20(23)27)7-4-8-24(19)33(17)15-26(28,29)30/h4,7-10,12-13,16,20,23,31-32H,11,14-15H2,1-3H3/t20-,23+/m1/s1. The number of benzene rings is 2. The van der Waals surface area contributed by atoms with Crippen LogP contribution in [0.15, 0.2) is 47.4 Å². The van der Waals surface area contributed by atoms with Crippen LogP contribution < -0.4 is 15.4 Å². The second kappa shape index (κ2) is 10.2. The largest absolute Gasteiger partial charge is 0.495 e. The summed E-state index contributed by atoms with van der Waals surface area (Å²) in [6.07, 6.45) is -5.06. The predicted octanol–water partition coefficient (Wildman–Crippen LogP) is 5.38. The smallest absolute Gasteiger partial charge is 0.406 e. The van der Waals surface area contributed by atoms with E-state index in [4.69, 9.17) is 4.74 Å². The molecule has 37 heavy (non-hydrogen) atoms. The molecule has 198 valence electrons. The van der Waals surface area contributed by atoms with Crippen LogP contribution in [0.5, 0.6) is 5.75 Å². The second-order valence-corrected chi connectivity index (χ2v) is 11.6. The lowest BCUT2D eigenvalue weighted by Gasteiger charge is -2.13. The molecule has 1 fully saturated rings. The van der Waals surface area contributed by atoms with Gasteiger partial charge in [0, 0.05) is 23.6 Å². The Morgan fingerprint density at radius 2 is 1.89 bits per heavy atom. The maximum absolute atomic E-state index is 13.4. The van der Waals surface area contributed by atoms with E-state index in [1.54, 1.807) is 44.2 Å². The van der Waals surface area contributed by atoms with Crippen LogP contribution in [0.2, 0.25) is 0 Å². The van der Waals surface area contributed by atoms with Crippen molar-refractivity contribution in [1.82, 2.24) is 4.57 Å². The average molecular weight is 538 g/mol. The lowest BCUT2D eigenvalue weighted by Crippen LogP contribution is -2.18. The highest BCUT2D eigenvalue weighted by Gasteiger charge is 2.38. The lowest BCUT2D eigenvalue weighted by molar-refractivity contribution is -0.140. The van der Waals surface area contributed by atoms with E-state index in [0.717, 1.165) is 4.57 Å². The van der Waals surface area contributed by atoms with Gasteiger partial charge in [-0.1, -0.05) is 12.0 Å². The maximum Gasteiger partial charge on any atom is 0.406 e. The number of methoxy groups -OCH3 is 1. The highest BCUT2D eigenvalue weighted by Crippen LogP contribution is 2.35. The molecule has 0 saturated heterocycles. The minimum atomic E-state index is -4.46. The van der Waals surface area contributed by atoms with Crippen molar-refractivity contribution in [2.45, 2.75) is 55.3 Å². The Hall–Kier alpha value is -3.39. The molecular formula is C26H27F4N3O3S. The Bertz CT molecular complexity index is 1470. The molecular weight excluding hydrogens is 510 g/mol. The maximum atomic E-state index is 13.4. The molecule has 3 aromatic rings. The first kappa shape index (κ1) is 26.7. The van der Waals surface area contributed by atoms with E-state index in [0.29, 0.717) is 34.4 Å². The number of fused-ring (bicyclic) bond motifs is 1. The third kappa shape index (κ3) is 5.96. The van der Waals surface area contributed by atoms with Gasteiger partial charge in [-0.15, -0.1) is 0 Å². The van der Waals surface area contributed by atoms with Crippen LogP contribution in [0.4, 0.5) is 28.9 Å². The Labute approximate surface area is 212 Å². The van der Waals surface area contributed by atoms with Crippen molar-refractivity contribution in [2.75, 3.05) is 24.3 Å². The number of alkyl halides is 4. The Kier molecular flexibility index (Phi) is 7.33.